The monoisotopic (exact) mass is 337 g/mol. The second-order valence-corrected chi connectivity index (χ2v) is 4.02. The van der Waals surface area contributed by atoms with Crippen molar-refractivity contribution in [3.05, 3.63) is 32.3 Å². The van der Waals surface area contributed by atoms with E-state index in [2.05, 4.69) is 31.9 Å². The van der Waals surface area contributed by atoms with Gasteiger partial charge in [-0.05, 0) is 28.1 Å². The summed E-state index contributed by atoms with van der Waals surface area (Å²) in [5.74, 6) is -1.03. The van der Waals surface area contributed by atoms with Gasteiger partial charge in [0.1, 0.15) is 0 Å². The number of benzene rings is 1. The summed E-state index contributed by atoms with van der Waals surface area (Å²) in [5.41, 5.74) is -0.566. The first kappa shape index (κ1) is 12.1. The van der Waals surface area contributed by atoms with Gasteiger partial charge in [-0.15, -0.1) is 0 Å². The van der Waals surface area contributed by atoms with Gasteiger partial charge in [-0.2, -0.15) is 0 Å². The van der Waals surface area contributed by atoms with Crippen LogP contribution in [0.1, 0.15) is 10.4 Å². The molecule has 0 amide bonds. The molecule has 0 aliphatic carbocycles. The van der Waals surface area contributed by atoms with E-state index in [9.17, 15) is 20.0 Å². The molecule has 0 aliphatic heterocycles. The number of nitrogens with zero attached hydrogens (tertiary/aromatic N) is 1. The molecule has 0 radical (unpaired) electrons. The van der Waals surface area contributed by atoms with E-state index in [0.717, 1.165) is 0 Å². The van der Waals surface area contributed by atoms with Gasteiger partial charge in [0.25, 0.3) is 0 Å². The molecule has 0 aliphatic rings. The number of ketones is 1. The molecule has 0 atom stereocenters. The molecule has 0 saturated carbocycles. The standard InChI is InChI=1S/C8H5Br2NO4/c9-3-6(12)4-1-2-5(10)7(8(4)13)11(14)15/h1-2,13H,3H2. The number of aromatic hydroxyl groups is 1. The minimum absolute atomic E-state index is 0.000648. The molecule has 1 aromatic carbocycles. The van der Waals surface area contributed by atoms with Crippen LogP contribution in [0.5, 0.6) is 5.75 Å². The molecule has 1 N–H and O–H groups in total. The van der Waals surface area contributed by atoms with Crippen molar-refractivity contribution in [3.63, 3.8) is 0 Å². The molecule has 0 aromatic heterocycles. The number of nitro groups is 1. The SMILES string of the molecule is O=C(CBr)c1ccc(Br)c([N+](=O)[O-])c1O. The first-order valence-corrected chi connectivity index (χ1v) is 5.65. The average Bonchev–Trinajstić information content (AvgIpc) is 2.16. The molecule has 1 aromatic rings. The van der Waals surface area contributed by atoms with Crippen LogP contribution in [0.15, 0.2) is 16.6 Å². The molecule has 5 nitrogen and oxygen atoms in total. The van der Waals surface area contributed by atoms with Crippen LogP contribution in [0.25, 0.3) is 0 Å². The zero-order chi connectivity index (χ0) is 11.6. The van der Waals surface area contributed by atoms with Crippen molar-refractivity contribution in [2.45, 2.75) is 0 Å². The van der Waals surface area contributed by atoms with E-state index >= 15 is 0 Å². The van der Waals surface area contributed by atoms with Crippen molar-refractivity contribution < 1.29 is 14.8 Å². The Bertz CT molecular complexity index is 433. The Kier molecular flexibility index (Phi) is 3.81. The number of rotatable bonds is 3. The van der Waals surface area contributed by atoms with Crippen LogP contribution in [-0.4, -0.2) is 21.1 Å². The summed E-state index contributed by atoms with van der Waals surface area (Å²) in [6.07, 6.45) is 0. The molecule has 0 heterocycles. The van der Waals surface area contributed by atoms with E-state index in [0.29, 0.717) is 0 Å². The van der Waals surface area contributed by atoms with Crippen molar-refractivity contribution in [2.24, 2.45) is 0 Å². The molecule has 0 fully saturated rings. The van der Waals surface area contributed by atoms with E-state index in [1.54, 1.807) is 0 Å². The lowest BCUT2D eigenvalue weighted by Gasteiger charge is -2.03. The van der Waals surface area contributed by atoms with Gasteiger partial charge in [0.15, 0.2) is 5.78 Å². The summed E-state index contributed by atoms with van der Waals surface area (Å²) in [7, 11) is 0. The maximum absolute atomic E-state index is 11.3. The zero-order valence-electron chi connectivity index (χ0n) is 7.24. The second kappa shape index (κ2) is 4.71. The number of carbonyl (C=O) groups excluding carboxylic acids is 1. The van der Waals surface area contributed by atoms with Gasteiger partial charge in [-0.1, -0.05) is 15.9 Å². The summed E-state index contributed by atoms with van der Waals surface area (Å²) in [6.45, 7) is 0. The van der Waals surface area contributed by atoms with Crippen molar-refractivity contribution in [1.29, 1.82) is 0 Å². The van der Waals surface area contributed by atoms with Crippen LogP contribution in [0.3, 0.4) is 0 Å². The number of carbonyl (C=O) groups is 1. The van der Waals surface area contributed by atoms with E-state index in [-0.39, 0.29) is 15.4 Å². The number of phenols is 1. The van der Waals surface area contributed by atoms with E-state index < -0.39 is 22.1 Å². The Morgan fingerprint density at radius 2 is 2.13 bits per heavy atom. The molecule has 1 rings (SSSR count). The molecule has 0 spiro atoms. The predicted molar refractivity (Wildman–Crippen MR) is 60.6 cm³/mol. The lowest BCUT2D eigenvalue weighted by atomic mass is 10.1. The normalized spacial score (nSPS) is 10.0. The zero-order valence-corrected chi connectivity index (χ0v) is 10.4. The number of halogens is 2. The number of phenolic OH excluding ortho intramolecular Hbond substituents is 1. The summed E-state index contributed by atoms with van der Waals surface area (Å²) >= 11 is 5.85. The van der Waals surface area contributed by atoms with Gasteiger partial charge in [-0.25, -0.2) is 0 Å². The Hall–Kier alpha value is -0.950. The van der Waals surface area contributed by atoms with E-state index in [4.69, 9.17) is 0 Å². The van der Waals surface area contributed by atoms with Crippen molar-refractivity contribution in [1.82, 2.24) is 0 Å². The highest BCUT2D eigenvalue weighted by atomic mass is 79.9. The van der Waals surface area contributed by atoms with Crippen LogP contribution < -0.4 is 0 Å². The fourth-order valence-electron chi connectivity index (χ4n) is 1.03. The Balaban J connectivity index is 3.41. The molecule has 0 bridgehead atoms. The fourth-order valence-corrected chi connectivity index (χ4v) is 1.79. The minimum atomic E-state index is -0.746. The topological polar surface area (TPSA) is 80.4 Å². The maximum atomic E-state index is 11.3. The number of nitro benzene ring substituents is 1. The first-order valence-electron chi connectivity index (χ1n) is 3.74. The highest BCUT2D eigenvalue weighted by Crippen LogP contribution is 2.36. The average molecular weight is 339 g/mol. The van der Waals surface area contributed by atoms with E-state index in [1.165, 1.54) is 12.1 Å². The van der Waals surface area contributed by atoms with E-state index in [1.807, 2.05) is 0 Å². The van der Waals surface area contributed by atoms with Crippen molar-refractivity contribution in [2.75, 3.05) is 5.33 Å². The number of hydrogen-bond donors (Lipinski definition) is 1. The lowest BCUT2D eigenvalue weighted by molar-refractivity contribution is -0.386. The van der Waals surface area contributed by atoms with Crippen LogP contribution >= 0.6 is 31.9 Å². The number of alkyl halides is 1. The largest absolute Gasteiger partial charge is 0.502 e. The molecular formula is C8H5Br2NO4. The van der Waals surface area contributed by atoms with Gasteiger partial charge in [0.05, 0.1) is 20.3 Å². The fraction of sp³-hybridized carbons (Fsp3) is 0.125. The van der Waals surface area contributed by atoms with Crippen molar-refractivity contribution >= 4 is 43.3 Å². The molecular weight excluding hydrogens is 334 g/mol. The maximum Gasteiger partial charge on any atom is 0.325 e. The van der Waals surface area contributed by atoms with Gasteiger partial charge < -0.3 is 5.11 Å². The third-order valence-corrected chi connectivity index (χ3v) is 2.86. The quantitative estimate of drug-likeness (QED) is 0.397. The highest BCUT2D eigenvalue weighted by Gasteiger charge is 2.24. The highest BCUT2D eigenvalue weighted by molar-refractivity contribution is 9.10. The Morgan fingerprint density at radius 3 is 2.60 bits per heavy atom. The molecule has 0 saturated heterocycles. The van der Waals surface area contributed by atoms with Crippen LogP contribution in [-0.2, 0) is 0 Å². The van der Waals surface area contributed by atoms with Gasteiger partial charge >= 0.3 is 5.69 Å². The molecule has 7 heteroatoms. The van der Waals surface area contributed by atoms with Gasteiger partial charge in [-0.3, -0.25) is 14.9 Å². The molecule has 15 heavy (non-hydrogen) atoms. The van der Waals surface area contributed by atoms with Gasteiger partial charge in [0, 0.05) is 0 Å². The summed E-state index contributed by atoms with van der Waals surface area (Å²) < 4.78 is 0.135. The van der Waals surface area contributed by atoms with Crippen LogP contribution in [0.4, 0.5) is 5.69 Å². The first-order chi connectivity index (χ1) is 6.99. The van der Waals surface area contributed by atoms with Crippen molar-refractivity contribution in [3.8, 4) is 5.75 Å². The lowest BCUT2D eigenvalue weighted by Crippen LogP contribution is -2.02. The predicted octanol–water partition coefficient (Wildman–Crippen LogP) is 2.64. The minimum Gasteiger partial charge on any atom is -0.502 e. The Labute approximate surface area is 102 Å². The second-order valence-electron chi connectivity index (χ2n) is 2.61. The molecule has 80 valence electrons. The third-order valence-electron chi connectivity index (χ3n) is 1.71. The summed E-state index contributed by atoms with van der Waals surface area (Å²) in [5, 5.41) is 20.1. The smallest absolute Gasteiger partial charge is 0.325 e. The summed E-state index contributed by atoms with van der Waals surface area (Å²) in [4.78, 5) is 21.1. The number of Topliss-reactive ketones (excluding diaryl/α,β-unsaturated/α-hetero) is 1. The number of hydrogen-bond acceptors (Lipinski definition) is 4. The molecule has 0 unspecified atom stereocenters. The van der Waals surface area contributed by atoms with Crippen LogP contribution in [0, 0.1) is 10.1 Å². The Morgan fingerprint density at radius 1 is 1.53 bits per heavy atom. The van der Waals surface area contributed by atoms with Crippen LogP contribution in [0.2, 0.25) is 0 Å². The van der Waals surface area contributed by atoms with Gasteiger partial charge in [0.2, 0.25) is 5.75 Å². The third kappa shape index (κ3) is 2.35. The summed E-state index contributed by atoms with van der Waals surface area (Å²) in [6, 6.07) is 2.68.